The SMILES string of the molecule is NC(=O)c1c(F)cc(Cl)cc1Nc1ccccc1. The Kier molecular flexibility index (Phi) is 3.48. The van der Waals surface area contributed by atoms with Crippen LogP contribution in [0.5, 0.6) is 0 Å². The zero-order chi connectivity index (χ0) is 13.1. The van der Waals surface area contributed by atoms with E-state index in [0.29, 0.717) is 5.69 Å². The highest BCUT2D eigenvalue weighted by molar-refractivity contribution is 6.31. The van der Waals surface area contributed by atoms with Crippen LogP contribution in [0.3, 0.4) is 0 Å². The minimum Gasteiger partial charge on any atom is -0.365 e. The molecule has 2 aromatic rings. The van der Waals surface area contributed by atoms with E-state index in [4.69, 9.17) is 17.3 Å². The van der Waals surface area contributed by atoms with Crippen LogP contribution in [0, 0.1) is 5.82 Å². The zero-order valence-electron chi connectivity index (χ0n) is 9.28. The van der Waals surface area contributed by atoms with E-state index in [-0.39, 0.29) is 16.3 Å². The van der Waals surface area contributed by atoms with E-state index in [1.54, 1.807) is 12.1 Å². The van der Waals surface area contributed by atoms with Crippen LogP contribution < -0.4 is 11.1 Å². The molecule has 2 rings (SSSR count). The van der Waals surface area contributed by atoms with Gasteiger partial charge in [0.05, 0.1) is 11.3 Å². The number of primary amides is 1. The molecule has 1 amide bonds. The van der Waals surface area contributed by atoms with E-state index in [9.17, 15) is 9.18 Å². The van der Waals surface area contributed by atoms with Crippen LogP contribution >= 0.6 is 11.6 Å². The number of nitrogens with two attached hydrogens (primary N) is 1. The largest absolute Gasteiger partial charge is 0.365 e. The van der Waals surface area contributed by atoms with Gasteiger partial charge in [-0.3, -0.25) is 4.79 Å². The lowest BCUT2D eigenvalue weighted by atomic mass is 10.1. The van der Waals surface area contributed by atoms with Crippen LogP contribution in [-0.2, 0) is 0 Å². The fraction of sp³-hybridized carbons (Fsp3) is 0. The molecule has 0 bridgehead atoms. The summed E-state index contributed by atoms with van der Waals surface area (Å²) in [5.74, 6) is -1.59. The van der Waals surface area contributed by atoms with Crippen molar-refractivity contribution in [3.8, 4) is 0 Å². The summed E-state index contributed by atoms with van der Waals surface area (Å²) in [6.45, 7) is 0. The van der Waals surface area contributed by atoms with Gasteiger partial charge in [-0.1, -0.05) is 29.8 Å². The number of benzene rings is 2. The number of amides is 1. The van der Waals surface area contributed by atoms with Crippen LogP contribution in [0.25, 0.3) is 0 Å². The Bertz CT molecular complexity index is 587. The summed E-state index contributed by atoms with van der Waals surface area (Å²) in [6, 6.07) is 11.5. The van der Waals surface area contributed by atoms with Crippen LogP contribution in [0.15, 0.2) is 42.5 Å². The molecule has 0 aliphatic heterocycles. The molecule has 0 spiro atoms. The average molecular weight is 265 g/mol. The van der Waals surface area contributed by atoms with Gasteiger partial charge in [0, 0.05) is 10.7 Å². The van der Waals surface area contributed by atoms with Crippen molar-refractivity contribution in [3.63, 3.8) is 0 Å². The number of rotatable bonds is 3. The maximum absolute atomic E-state index is 13.6. The number of anilines is 2. The van der Waals surface area contributed by atoms with Gasteiger partial charge in [-0.2, -0.15) is 0 Å². The first-order valence-electron chi connectivity index (χ1n) is 5.19. The second kappa shape index (κ2) is 5.06. The standard InChI is InChI=1S/C13H10ClFN2O/c14-8-6-10(15)12(13(16)18)11(7-8)17-9-4-2-1-3-5-9/h1-7,17H,(H2,16,18). The molecule has 3 nitrogen and oxygen atoms in total. The molecule has 0 saturated carbocycles. The van der Waals surface area contributed by atoms with Crippen molar-refractivity contribution in [1.29, 1.82) is 0 Å². The van der Waals surface area contributed by atoms with E-state index in [2.05, 4.69) is 5.32 Å². The van der Waals surface area contributed by atoms with Crippen molar-refractivity contribution in [2.75, 3.05) is 5.32 Å². The number of halogens is 2. The lowest BCUT2D eigenvalue weighted by Crippen LogP contribution is -2.15. The van der Waals surface area contributed by atoms with Gasteiger partial charge in [0.15, 0.2) is 0 Å². The minimum atomic E-state index is -0.845. The van der Waals surface area contributed by atoms with Crippen LogP contribution in [0.2, 0.25) is 5.02 Å². The average Bonchev–Trinajstić information content (AvgIpc) is 2.28. The van der Waals surface area contributed by atoms with Gasteiger partial charge in [-0.05, 0) is 24.3 Å². The Hall–Kier alpha value is -2.07. The second-order valence-electron chi connectivity index (χ2n) is 3.67. The van der Waals surface area contributed by atoms with E-state index in [1.807, 2.05) is 18.2 Å². The van der Waals surface area contributed by atoms with Gasteiger partial charge in [-0.25, -0.2) is 4.39 Å². The van der Waals surface area contributed by atoms with E-state index in [0.717, 1.165) is 6.07 Å². The maximum Gasteiger partial charge on any atom is 0.253 e. The Labute approximate surface area is 108 Å². The highest BCUT2D eigenvalue weighted by Crippen LogP contribution is 2.27. The number of hydrogen-bond acceptors (Lipinski definition) is 2. The second-order valence-corrected chi connectivity index (χ2v) is 4.10. The summed E-state index contributed by atoms with van der Waals surface area (Å²) in [5.41, 5.74) is 5.91. The third kappa shape index (κ3) is 2.60. The lowest BCUT2D eigenvalue weighted by Gasteiger charge is -2.11. The fourth-order valence-corrected chi connectivity index (χ4v) is 1.80. The monoisotopic (exact) mass is 264 g/mol. The molecule has 0 atom stereocenters. The van der Waals surface area contributed by atoms with Crippen molar-refractivity contribution < 1.29 is 9.18 Å². The number of para-hydroxylation sites is 1. The smallest absolute Gasteiger partial charge is 0.253 e. The number of carbonyl (C=O) groups excluding carboxylic acids is 1. The predicted octanol–water partition coefficient (Wildman–Crippen LogP) is 3.32. The van der Waals surface area contributed by atoms with Gasteiger partial charge in [0.1, 0.15) is 5.82 Å². The highest BCUT2D eigenvalue weighted by Gasteiger charge is 2.15. The number of hydrogen-bond donors (Lipinski definition) is 2. The van der Waals surface area contributed by atoms with Gasteiger partial charge in [-0.15, -0.1) is 0 Å². The van der Waals surface area contributed by atoms with E-state index >= 15 is 0 Å². The summed E-state index contributed by atoms with van der Waals surface area (Å²) >= 11 is 5.76. The van der Waals surface area contributed by atoms with Crippen LogP contribution in [-0.4, -0.2) is 5.91 Å². The number of carbonyl (C=O) groups is 1. The van der Waals surface area contributed by atoms with Crippen molar-refractivity contribution in [1.82, 2.24) is 0 Å². The van der Waals surface area contributed by atoms with Crippen LogP contribution in [0.1, 0.15) is 10.4 Å². The summed E-state index contributed by atoms with van der Waals surface area (Å²) in [4.78, 5) is 11.2. The topological polar surface area (TPSA) is 55.1 Å². The first-order valence-corrected chi connectivity index (χ1v) is 5.56. The third-order valence-corrected chi connectivity index (χ3v) is 2.57. The van der Waals surface area contributed by atoms with Crippen LogP contribution in [0.4, 0.5) is 15.8 Å². The molecule has 3 N–H and O–H groups in total. The normalized spacial score (nSPS) is 10.1. The Morgan fingerprint density at radius 3 is 2.50 bits per heavy atom. The van der Waals surface area contributed by atoms with Crippen molar-refractivity contribution in [2.24, 2.45) is 5.73 Å². The molecular weight excluding hydrogens is 255 g/mol. The van der Waals surface area contributed by atoms with Gasteiger partial charge in [0.25, 0.3) is 5.91 Å². The summed E-state index contributed by atoms with van der Waals surface area (Å²) < 4.78 is 13.6. The molecule has 2 aromatic carbocycles. The van der Waals surface area contributed by atoms with Gasteiger partial charge >= 0.3 is 0 Å². The molecule has 92 valence electrons. The molecule has 0 heterocycles. The van der Waals surface area contributed by atoms with E-state index in [1.165, 1.54) is 6.07 Å². The number of nitrogens with one attached hydrogen (secondary N) is 1. The fourth-order valence-electron chi connectivity index (χ4n) is 1.60. The molecule has 0 aromatic heterocycles. The first kappa shape index (κ1) is 12.4. The minimum absolute atomic E-state index is 0.191. The van der Waals surface area contributed by atoms with E-state index < -0.39 is 11.7 Å². The Morgan fingerprint density at radius 1 is 1.22 bits per heavy atom. The molecule has 0 aliphatic carbocycles. The molecule has 18 heavy (non-hydrogen) atoms. The third-order valence-electron chi connectivity index (χ3n) is 2.35. The zero-order valence-corrected chi connectivity index (χ0v) is 10.0. The molecule has 0 fully saturated rings. The van der Waals surface area contributed by atoms with Gasteiger partial charge in [0.2, 0.25) is 0 Å². The summed E-state index contributed by atoms with van der Waals surface area (Å²) in [5, 5.41) is 3.10. The maximum atomic E-state index is 13.6. The molecule has 0 unspecified atom stereocenters. The van der Waals surface area contributed by atoms with Crippen molar-refractivity contribution in [2.45, 2.75) is 0 Å². The molecule has 0 aliphatic rings. The molecule has 5 heteroatoms. The quantitative estimate of drug-likeness (QED) is 0.893. The summed E-state index contributed by atoms with van der Waals surface area (Å²) in [6.07, 6.45) is 0. The predicted molar refractivity (Wildman–Crippen MR) is 69.7 cm³/mol. The molecular formula is C13H10ClFN2O. The summed E-state index contributed by atoms with van der Waals surface area (Å²) in [7, 11) is 0. The molecule has 0 radical (unpaired) electrons. The lowest BCUT2D eigenvalue weighted by molar-refractivity contribution is 0.0997. The van der Waals surface area contributed by atoms with Gasteiger partial charge < -0.3 is 11.1 Å². The Balaban J connectivity index is 2.46. The molecule has 0 saturated heterocycles. The Morgan fingerprint density at radius 2 is 1.89 bits per heavy atom. The first-order chi connectivity index (χ1) is 8.58. The highest BCUT2D eigenvalue weighted by atomic mass is 35.5. The van der Waals surface area contributed by atoms with Crippen molar-refractivity contribution in [3.05, 3.63) is 58.9 Å². The van der Waals surface area contributed by atoms with Crippen molar-refractivity contribution >= 4 is 28.9 Å².